The maximum Gasteiger partial charge on any atom is 0.351 e. The van der Waals surface area contributed by atoms with E-state index >= 15 is 0 Å². The van der Waals surface area contributed by atoms with E-state index in [2.05, 4.69) is 33.0 Å². The van der Waals surface area contributed by atoms with Gasteiger partial charge in [-0.2, -0.15) is 9.61 Å². The number of piperazine rings is 1. The average molecular weight is 419 g/mol. The maximum absolute atomic E-state index is 13.2. The van der Waals surface area contributed by atoms with Gasteiger partial charge in [0.15, 0.2) is 5.65 Å². The summed E-state index contributed by atoms with van der Waals surface area (Å²) in [5.74, 6) is 0.781. The highest BCUT2D eigenvalue weighted by Gasteiger charge is 2.17. The van der Waals surface area contributed by atoms with Gasteiger partial charge in [-0.1, -0.05) is 12.1 Å². The number of benzene rings is 1. The van der Waals surface area contributed by atoms with Gasteiger partial charge >= 0.3 is 5.69 Å². The van der Waals surface area contributed by atoms with Crippen molar-refractivity contribution in [2.24, 2.45) is 0 Å². The van der Waals surface area contributed by atoms with Crippen LogP contribution in [0.25, 0.3) is 16.7 Å². The predicted molar refractivity (Wildman–Crippen MR) is 117 cm³/mol. The third kappa shape index (κ3) is 3.77. The minimum absolute atomic E-state index is 0.227. The first-order valence-electron chi connectivity index (χ1n) is 10.4. The lowest BCUT2D eigenvalue weighted by Crippen LogP contribution is -2.43. The Morgan fingerprint density at radius 3 is 2.52 bits per heavy atom. The SMILES string of the molecule is COc1ccc(Cn2c(=O)n3ncnc3c3ncc(CN4CCN(C)CC4)cc32)cc1. The largest absolute Gasteiger partial charge is 0.497 e. The maximum atomic E-state index is 13.2. The van der Waals surface area contributed by atoms with Crippen molar-refractivity contribution in [2.45, 2.75) is 13.1 Å². The minimum Gasteiger partial charge on any atom is -0.497 e. The summed E-state index contributed by atoms with van der Waals surface area (Å²) < 4.78 is 8.29. The third-order valence-electron chi connectivity index (χ3n) is 5.89. The normalized spacial score (nSPS) is 15.7. The second-order valence-electron chi connectivity index (χ2n) is 8.00. The van der Waals surface area contributed by atoms with E-state index in [0.29, 0.717) is 17.7 Å². The third-order valence-corrected chi connectivity index (χ3v) is 5.89. The van der Waals surface area contributed by atoms with E-state index < -0.39 is 0 Å². The zero-order chi connectivity index (χ0) is 21.4. The average Bonchev–Trinajstić information content (AvgIpc) is 3.29. The van der Waals surface area contributed by atoms with E-state index in [4.69, 9.17) is 9.72 Å². The molecule has 0 N–H and O–H groups in total. The van der Waals surface area contributed by atoms with Gasteiger partial charge in [0.25, 0.3) is 0 Å². The molecule has 1 aliphatic heterocycles. The molecule has 0 radical (unpaired) electrons. The van der Waals surface area contributed by atoms with Gasteiger partial charge < -0.3 is 9.64 Å². The smallest absolute Gasteiger partial charge is 0.351 e. The van der Waals surface area contributed by atoms with Crippen LogP contribution in [0.5, 0.6) is 5.75 Å². The fourth-order valence-corrected chi connectivity index (χ4v) is 4.05. The Morgan fingerprint density at radius 2 is 1.77 bits per heavy atom. The number of likely N-dealkylation sites (N-methyl/N-ethyl adjacent to an activating group) is 1. The zero-order valence-corrected chi connectivity index (χ0v) is 17.7. The van der Waals surface area contributed by atoms with Crippen LogP contribution in [0.1, 0.15) is 11.1 Å². The van der Waals surface area contributed by atoms with Crippen molar-refractivity contribution in [1.82, 2.24) is 33.9 Å². The Balaban J connectivity index is 1.57. The number of aromatic nitrogens is 5. The molecule has 4 heterocycles. The summed E-state index contributed by atoms with van der Waals surface area (Å²) in [5, 5.41) is 4.12. The molecule has 0 bridgehead atoms. The van der Waals surface area contributed by atoms with E-state index in [0.717, 1.165) is 55.1 Å². The number of fused-ring (bicyclic) bond motifs is 3. The molecule has 0 spiro atoms. The van der Waals surface area contributed by atoms with Crippen LogP contribution >= 0.6 is 0 Å². The predicted octanol–water partition coefficient (Wildman–Crippen LogP) is 1.24. The van der Waals surface area contributed by atoms with Crippen LogP contribution in [0.2, 0.25) is 0 Å². The van der Waals surface area contributed by atoms with E-state index in [9.17, 15) is 4.79 Å². The lowest BCUT2D eigenvalue weighted by molar-refractivity contribution is 0.148. The van der Waals surface area contributed by atoms with Crippen molar-refractivity contribution in [2.75, 3.05) is 40.3 Å². The first-order valence-corrected chi connectivity index (χ1v) is 10.4. The molecule has 1 aliphatic rings. The Labute approximate surface area is 179 Å². The summed E-state index contributed by atoms with van der Waals surface area (Å²) >= 11 is 0. The van der Waals surface area contributed by atoms with Gasteiger partial charge in [-0.3, -0.25) is 14.5 Å². The lowest BCUT2D eigenvalue weighted by Gasteiger charge is -2.32. The fourth-order valence-electron chi connectivity index (χ4n) is 4.05. The summed E-state index contributed by atoms with van der Waals surface area (Å²) in [6.07, 6.45) is 3.28. The van der Waals surface area contributed by atoms with Crippen molar-refractivity contribution in [1.29, 1.82) is 0 Å². The van der Waals surface area contributed by atoms with Gasteiger partial charge in [0.1, 0.15) is 17.6 Å². The number of hydrogen-bond donors (Lipinski definition) is 0. The molecule has 4 aromatic rings. The highest BCUT2D eigenvalue weighted by molar-refractivity contribution is 5.87. The molecule has 9 nitrogen and oxygen atoms in total. The molecule has 160 valence electrons. The highest BCUT2D eigenvalue weighted by Crippen LogP contribution is 2.19. The molecule has 1 fully saturated rings. The van der Waals surface area contributed by atoms with Crippen LogP contribution in [-0.2, 0) is 13.1 Å². The van der Waals surface area contributed by atoms with Crippen molar-refractivity contribution in [3.63, 3.8) is 0 Å². The summed E-state index contributed by atoms with van der Waals surface area (Å²) in [7, 11) is 3.79. The standard InChI is InChI=1S/C22H25N7O2/c1-26-7-9-27(10-8-26)13-17-11-19-20(23-12-17)21-24-15-25-29(21)22(30)28(19)14-16-3-5-18(31-2)6-4-16/h3-6,11-12,15H,7-10,13-14H2,1-2H3. The molecule has 3 aromatic heterocycles. The van der Waals surface area contributed by atoms with Crippen LogP contribution < -0.4 is 10.4 Å². The molecular formula is C22H25N7O2. The summed E-state index contributed by atoms with van der Waals surface area (Å²) in [6, 6.07) is 9.79. The molecule has 0 atom stereocenters. The fraction of sp³-hybridized carbons (Fsp3) is 0.364. The number of hydrogen-bond acceptors (Lipinski definition) is 7. The Kier molecular flexibility index (Phi) is 5.13. The van der Waals surface area contributed by atoms with Crippen LogP contribution in [0.3, 0.4) is 0 Å². The number of pyridine rings is 1. The van der Waals surface area contributed by atoms with Gasteiger partial charge in [0.05, 0.1) is 19.2 Å². The summed E-state index contributed by atoms with van der Waals surface area (Å²) in [5.41, 5.74) is 3.78. The molecule has 1 aromatic carbocycles. The minimum atomic E-state index is -0.227. The highest BCUT2D eigenvalue weighted by atomic mass is 16.5. The molecular weight excluding hydrogens is 394 g/mol. The second-order valence-corrected chi connectivity index (χ2v) is 8.00. The number of methoxy groups -OCH3 is 1. The van der Waals surface area contributed by atoms with Crippen molar-refractivity contribution in [3.05, 3.63) is 64.5 Å². The molecule has 9 heteroatoms. The molecule has 0 unspecified atom stereocenters. The summed E-state index contributed by atoms with van der Waals surface area (Å²) in [6.45, 7) is 5.39. The van der Waals surface area contributed by atoms with Crippen molar-refractivity contribution < 1.29 is 4.74 Å². The molecule has 31 heavy (non-hydrogen) atoms. The quantitative estimate of drug-likeness (QED) is 0.482. The van der Waals surface area contributed by atoms with Crippen LogP contribution in [0.4, 0.5) is 0 Å². The molecule has 0 aliphatic carbocycles. The van der Waals surface area contributed by atoms with Crippen molar-refractivity contribution >= 4 is 16.7 Å². The number of rotatable bonds is 5. The van der Waals surface area contributed by atoms with E-state index in [-0.39, 0.29) is 5.69 Å². The number of nitrogens with zero attached hydrogens (tertiary/aromatic N) is 7. The topological polar surface area (TPSA) is 80.8 Å². The molecule has 0 saturated carbocycles. The first kappa shape index (κ1) is 19.7. The summed E-state index contributed by atoms with van der Waals surface area (Å²) in [4.78, 5) is 26.9. The second kappa shape index (κ2) is 8.09. The van der Waals surface area contributed by atoms with Gasteiger partial charge in [-0.15, -0.1) is 0 Å². The van der Waals surface area contributed by atoms with Gasteiger partial charge in [0.2, 0.25) is 0 Å². The zero-order valence-electron chi connectivity index (χ0n) is 17.7. The van der Waals surface area contributed by atoms with Gasteiger partial charge in [-0.25, -0.2) is 9.78 Å². The molecule has 5 rings (SSSR count). The Morgan fingerprint density at radius 1 is 1.00 bits per heavy atom. The van der Waals surface area contributed by atoms with Gasteiger partial charge in [-0.05, 0) is 36.4 Å². The first-order chi connectivity index (χ1) is 15.1. The Hall–Kier alpha value is -3.30. The monoisotopic (exact) mass is 419 g/mol. The van der Waals surface area contributed by atoms with Gasteiger partial charge in [0, 0.05) is 38.9 Å². The Bertz CT molecular complexity index is 1270. The number of ether oxygens (including phenoxy) is 1. The van der Waals surface area contributed by atoms with Crippen molar-refractivity contribution in [3.8, 4) is 5.75 Å². The molecule has 0 amide bonds. The lowest BCUT2D eigenvalue weighted by atomic mass is 10.2. The van der Waals surface area contributed by atoms with Crippen LogP contribution in [-0.4, -0.2) is 74.3 Å². The van der Waals surface area contributed by atoms with Crippen LogP contribution in [0.15, 0.2) is 47.7 Å². The van der Waals surface area contributed by atoms with Crippen LogP contribution in [0, 0.1) is 0 Å². The van der Waals surface area contributed by atoms with E-state index in [1.54, 1.807) is 11.7 Å². The van der Waals surface area contributed by atoms with E-state index in [1.807, 2.05) is 30.5 Å². The van der Waals surface area contributed by atoms with E-state index in [1.165, 1.54) is 10.8 Å². The molecule has 1 saturated heterocycles.